The van der Waals surface area contributed by atoms with E-state index in [0.717, 1.165) is 30.7 Å². The van der Waals surface area contributed by atoms with E-state index in [2.05, 4.69) is 21.8 Å². The van der Waals surface area contributed by atoms with E-state index in [1.165, 1.54) is 71.0 Å². The number of hydrogen-bond donors (Lipinski definition) is 1. The molecule has 0 bridgehead atoms. The number of hydrogen-bond acceptors (Lipinski definition) is 6. The summed E-state index contributed by atoms with van der Waals surface area (Å²) in [4.78, 5) is 26.0. The maximum atomic E-state index is 12.7. The molecular formula is C25H41N5O2. The molecule has 1 amide bonds. The molecule has 1 aromatic rings. The Kier molecular flexibility index (Phi) is 8.22. The minimum absolute atomic E-state index is 0.0803. The van der Waals surface area contributed by atoms with Gasteiger partial charge in [-0.05, 0) is 57.0 Å². The van der Waals surface area contributed by atoms with Crippen molar-refractivity contribution in [2.45, 2.75) is 84.0 Å². The molecule has 2 fully saturated rings. The van der Waals surface area contributed by atoms with Gasteiger partial charge in [-0.15, -0.1) is 0 Å². The number of amides is 1. The van der Waals surface area contributed by atoms with Crippen molar-refractivity contribution in [1.29, 1.82) is 0 Å². The quantitative estimate of drug-likeness (QED) is 0.546. The van der Waals surface area contributed by atoms with Crippen LogP contribution >= 0.6 is 0 Å². The monoisotopic (exact) mass is 443 g/mol. The van der Waals surface area contributed by atoms with Gasteiger partial charge in [0.1, 0.15) is 11.6 Å². The standard InChI is InChI=1S/C25H41N5O2/c1-2-3-16-32-25-27-23(26)21-17-22(31)30(24(21)28-25)15-12-20-10-7-13-29(18-20)14-11-19-8-5-4-6-9-19/h19-20H,2-18H2,1H3,(H2,26,27,28). The lowest BCUT2D eigenvalue weighted by atomic mass is 9.86. The fourth-order valence-electron chi connectivity index (χ4n) is 5.57. The zero-order valence-corrected chi connectivity index (χ0v) is 19.9. The molecule has 1 saturated heterocycles. The van der Waals surface area contributed by atoms with Crippen LogP contribution in [0.15, 0.2) is 0 Å². The van der Waals surface area contributed by atoms with Crippen LogP contribution in [0.3, 0.4) is 0 Å². The van der Waals surface area contributed by atoms with Crippen molar-refractivity contribution in [2.75, 3.05) is 43.4 Å². The average Bonchev–Trinajstić information content (AvgIpc) is 3.13. The van der Waals surface area contributed by atoms with Crippen LogP contribution in [-0.4, -0.2) is 53.6 Å². The van der Waals surface area contributed by atoms with Gasteiger partial charge in [-0.25, -0.2) is 0 Å². The number of aromatic nitrogens is 2. The number of nitrogens with two attached hydrogens (primary N) is 1. The summed E-state index contributed by atoms with van der Waals surface area (Å²) in [5.41, 5.74) is 6.90. The van der Waals surface area contributed by atoms with E-state index >= 15 is 0 Å². The van der Waals surface area contributed by atoms with Gasteiger partial charge in [0.25, 0.3) is 0 Å². The zero-order chi connectivity index (χ0) is 22.3. The predicted octanol–water partition coefficient (Wildman–Crippen LogP) is 4.20. The molecule has 0 spiro atoms. The molecule has 0 radical (unpaired) electrons. The van der Waals surface area contributed by atoms with Crippen LogP contribution in [0.2, 0.25) is 0 Å². The molecule has 1 aliphatic carbocycles. The van der Waals surface area contributed by atoms with Gasteiger partial charge in [0.2, 0.25) is 5.91 Å². The molecule has 1 atom stereocenters. The van der Waals surface area contributed by atoms with Crippen molar-refractivity contribution in [3.05, 3.63) is 5.56 Å². The van der Waals surface area contributed by atoms with Crippen molar-refractivity contribution in [3.63, 3.8) is 0 Å². The fourth-order valence-corrected chi connectivity index (χ4v) is 5.57. The number of piperidine rings is 1. The van der Waals surface area contributed by atoms with Crippen molar-refractivity contribution in [2.24, 2.45) is 11.8 Å². The first-order valence-corrected chi connectivity index (χ1v) is 13.0. The third kappa shape index (κ3) is 5.91. The van der Waals surface area contributed by atoms with E-state index in [1.54, 1.807) is 0 Å². The van der Waals surface area contributed by atoms with Crippen LogP contribution in [0, 0.1) is 11.8 Å². The molecule has 178 valence electrons. The second kappa shape index (κ2) is 11.3. The Balaban J connectivity index is 1.30. The molecule has 1 aromatic heterocycles. The van der Waals surface area contributed by atoms with Gasteiger partial charge >= 0.3 is 6.01 Å². The lowest BCUT2D eigenvalue weighted by Gasteiger charge is -2.34. The van der Waals surface area contributed by atoms with E-state index in [1.807, 2.05) is 4.90 Å². The molecule has 4 rings (SSSR count). The fraction of sp³-hybridized carbons (Fsp3) is 0.800. The number of fused-ring (bicyclic) bond motifs is 1. The van der Waals surface area contributed by atoms with E-state index < -0.39 is 0 Å². The summed E-state index contributed by atoms with van der Waals surface area (Å²) in [6.07, 6.45) is 14.4. The van der Waals surface area contributed by atoms with Crippen LogP contribution in [0.5, 0.6) is 6.01 Å². The number of nitrogen functional groups attached to an aromatic ring is 1. The third-order valence-electron chi connectivity index (χ3n) is 7.55. The van der Waals surface area contributed by atoms with E-state index in [4.69, 9.17) is 10.5 Å². The number of anilines is 2. The lowest BCUT2D eigenvalue weighted by molar-refractivity contribution is -0.117. The van der Waals surface area contributed by atoms with Crippen molar-refractivity contribution < 1.29 is 9.53 Å². The Hall–Kier alpha value is -1.89. The number of unbranched alkanes of at least 4 members (excludes halogenated alkanes) is 1. The molecule has 0 aromatic carbocycles. The SMILES string of the molecule is CCCCOc1nc(N)c2c(n1)N(CCC1CCCN(CCC3CCCCC3)C1)C(=O)C2. The normalized spacial score (nSPS) is 22.3. The van der Waals surface area contributed by atoms with Gasteiger partial charge in [0, 0.05) is 18.7 Å². The number of carbonyl (C=O) groups excluding carboxylic acids is 1. The Labute approximate surface area is 193 Å². The molecule has 2 N–H and O–H groups in total. The zero-order valence-electron chi connectivity index (χ0n) is 19.9. The molecule has 3 aliphatic rings. The molecule has 2 aliphatic heterocycles. The number of rotatable bonds is 10. The Bertz CT molecular complexity index is 765. The topological polar surface area (TPSA) is 84.6 Å². The summed E-state index contributed by atoms with van der Waals surface area (Å²) in [7, 11) is 0. The maximum absolute atomic E-state index is 12.7. The molecule has 7 nitrogen and oxygen atoms in total. The Morgan fingerprint density at radius 2 is 1.81 bits per heavy atom. The second-order valence-corrected chi connectivity index (χ2v) is 10.0. The molecule has 1 unspecified atom stereocenters. The summed E-state index contributed by atoms with van der Waals surface area (Å²) in [5, 5.41) is 0. The highest BCUT2D eigenvalue weighted by Gasteiger charge is 2.33. The number of carbonyl (C=O) groups is 1. The minimum atomic E-state index is 0.0803. The average molecular weight is 444 g/mol. The summed E-state index contributed by atoms with van der Waals surface area (Å²) >= 11 is 0. The van der Waals surface area contributed by atoms with E-state index in [0.29, 0.717) is 43.1 Å². The van der Waals surface area contributed by atoms with Crippen molar-refractivity contribution in [3.8, 4) is 6.01 Å². The van der Waals surface area contributed by atoms with Crippen LogP contribution in [0.25, 0.3) is 0 Å². The highest BCUT2D eigenvalue weighted by Crippen LogP contribution is 2.33. The highest BCUT2D eigenvalue weighted by molar-refractivity contribution is 6.01. The van der Waals surface area contributed by atoms with Crippen LogP contribution in [-0.2, 0) is 11.2 Å². The van der Waals surface area contributed by atoms with Crippen LogP contribution in [0.1, 0.15) is 83.1 Å². The van der Waals surface area contributed by atoms with Gasteiger partial charge < -0.3 is 15.4 Å². The Morgan fingerprint density at radius 1 is 1.03 bits per heavy atom. The maximum Gasteiger partial charge on any atom is 0.320 e. The van der Waals surface area contributed by atoms with Gasteiger partial charge in [-0.3, -0.25) is 9.69 Å². The van der Waals surface area contributed by atoms with Crippen molar-refractivity contribution >= 4 is 17.5 Å². The molecule has 3 heterocycles. The number of ether oxygens (including phenoxy) is 1. The van der Waals surface area contributed by atoms with Crippen molar-refractivity contribution in [1.82, 2.24) is 14.9 Å². The van der Waals surface area contributed by atoms with E-state index in [9.17, 15) is 4.79 Å². The predicted molar refractivity (Wildman–Crippen MR) is 128 cm³/mol. The molecule has 7 heteroatoms. The van der Waals surface area contributed by atoms with Crippen LogP contribution in [0.4, 0.5) is 11.6 Å². The first-order valence-electron chi connectivity index (χ1n) is 13.0. The summed E-state index contributed by atoms with van der Waals surface area (Å²) in [5.74, 6) is 2.72. The highest BCUT2D eigenvalue weighted by atomic mass is 16.5. The summed E-state index contributed by atoms with van der Waals surface area (Å²) in [6, 6.07) is 0.293. The minimum Gasteiger partial charge on any atom is -0.463 e. The van der Waals surface area contributed by atoms with Gasteiger partial charge in [-0.2, -0.15) is 9.97 Å². The van der Waals surface area contributed by atoms with Gasteiger partial charge in [0.15, 0.2) is 0 Å². The van der Waals surface area contributed by atoms with Gasteiger partial charge in [0.05, 0.1) is 13.0 Å². The lowest BCUT2D eigenvalue weighted by Crippen LogP contribution is -2.38. The van der Waals surface area contributed by atoms with Gasteiger partial charge in [-0.1, -0.05) is 45.4 Å². The number of likely N-dealkylation sites (tertiary alicyclic amines) is 1. The number of nitrogens with zero attached hydrogens (tertiary/aromatic N) is 4. The third-order valence-corrected chi connectivity index (χ3v) is 7.55. The first-order chi connectivity index (χ1) is 15.6. The Morgan fingerprint density at radius 3 is 2.62 bits per heavy atom. The molecular weight excluding hydrogens is 402 g/mol. The second-order valence-electron chi connectivity index (χ2n) is 10.0. The summed E-state index contributed by atoms with van der Waals surface area (Å²) < 4.78 is 5.67. The van der Waals surface area contributed by atoms with E-state index in [-0.39, 0.29) is 5.91 Å². The first kappa shape index (κ1) is 23.3. The smallest absolute Gasteiger partial charge is 0.320 e. The van der Waals surface area contributed by atoms with Crippen LogP contribution < -0.4 is 15.4 Å². The molecule has 1 saturated carbocycles. The molecule has 32 heavy (non-hydrogen) atoms. The largest absolute Gasteiger partial charge is 0.463 e. The summed E-state index contributed by atoms with van der Waals surface area (Å²) in [6.45, 7) is 7.04.